The summed E-state index contributed by atoms with van der Waals surface area (Å²) in [6, 6.07) is 0. The Morgan fingerprint density at radius 2 is 2.00 bits per heavy atom. The molecule has 5 heteroatoms. The molecule has 3 aliphatic carbocycles. The van der Waals surface area contributed by atoms with Crippen LogP contribution in [0.4, 0.5) is 0 Å². The molecule has 1 unspecified atom stereocenters. The van der Waals surface area contributed by atoms with Crippen molar-refractivity contribution in [3.8, 4) is 0 Å². The molecule has 1 heterocycles. The van der Waals surface area contributed by atoms with E-state index in [2.05, 4.69) is 32.6 Å². The Labute approximate surface area is 192 Å². The van der Waals surface area contributed by atoms with E-state index < -0.39 is 23.8 Å². The van der Waals surface area contributed by atoms with Crippen LogP contribution in [0.5, 0.6) is 0 Å². The average Bonchev–Trinajstić information content (AvgIpc) is 3.18. The second-order valence-corrected chi connectivity index (χ2v) is 11.4. The third-order valence-electron chi connectivity index (χ3n) is 8.96. The van der Waals surface area contributed by atoms with Crippen molar-refractivity contribution in [3.63, 3.8) is 0 Å². The maximum atomic E-state index is 11.9. The molecular formula is C27H40O5. The topological polar surface area (TPSA) is 87.0 Å². The van der Waals surface area contributed by atoms with Crippen LogP contribution >= 0.6 is 0 Å². The molecule has 0 aromatic rings. The molecule has 5 nitrogen and oxygen atoms in total. The number of allylic oxidation sites excluding steroid dienone is 3. The molecule has 0 aromatic carbocycles. The summed E-state index contributed by atoms with van der Waals surface area (Å²) < 4.78 is 5.47. The van der Waals surface area contributed by atoms with Crippen LogP contribution in [0.15, 0.2) is 35.5 Å². The summed E-state index contributed by atoms with van der Waals surface area (Å²) in [4.78, 5) is 11.9. The van der Waals surface area contributed by atoms with Crippen LogP contribution in [0, 0.1) is 23.2 Å². The Balaban J connectivity index is 1.47. The molecule has 4 rings (SSSR count). The summed E-state index contributed by atoms with van der Waals surface area (Å²) in [5.41, 5.74) is 2.08. The van der Waals surface area contributed by atoms with Gasteiger partial charge in [-0.3, -0.25) is 0 Å². The van der Waals surface area contributed by atoms with Crippen LogP contribution in [-0.4, -0.2) is 45.2 Å². The van der Waals surface area contributed by atoms with Crippen LogP contribution in [0.3, 0.4) is 0 Å². The predicted octanol–water partition coefficient (Wildman–Crippen LogP) is 4.22. The SMILES string of the molecule is C=C1/C(=C\C=C2CCC[C@@]3(C)C2CC[C@@H]3[C@H](C)C[C@H]2C[C@@](C)(O)C(=O)O2)C[C@@H](O)C[C@H]1O. The Hall–Kier alpha value is -1.43. The van der Waals surface area contributed by atoms with Gasteiger partial charge in [-0.1, -0.05) is 38.2 Å². The summed E-state index contributed by atoms with van der Waals surface area (Å²) in [5, 5.41) is 30.4. The first-order valence-electron chi connectivity index (χ1n) is 12.4. The zero-order valence-corrected chi connectivity index (χ0v) is 19.8. The lowest BCUT2D eigenvalue weighted by atomic mass is 9.60. The van der Waals surface area contributed by atoms with Crippen LogP contribution in [0.25, 0.3) is 0 Å². The molecule has 0 bridgehead atoms. The van der Waals surface area contributed by atoms with E-state index in [1.54, 1.807) is 6.92 Å². The molecule has 178 valence electrons. The number of aliphatic hydroxyl groups excluding tert-OH is 2. The molecule has 0 radical (unpaired) electrons. The molecule has 4 fully saturated rings. The van der Waals surface area contributed by atoms with Crippen molar-refractivity contribution in [2.75, 3.05) is 0 Å². The fourth-order valence-corrected chi connectivity index (χ4v) is 7.24. The summed E-state index contributed by atoms with van der Waals surface area (Å²) in [7, 11) is 0. The van der Waals surface area contributed by atoms with Gasteiger partial charge in [-0.15, -0.1) is 0 Å². The number of carbonyl (C=O) groups excluding carboxylic acids is 1. The smallest absolute Gasteiger partial charge is 0.338 e. The van der Waals surface area contributed by atoms with Gasteiger partial charge >= 0.3 is 5.97 Å². The standard InChI is InChI=1S/C27H40O5/c1-16(12-21-15-27(4,31)25(30)32-21)22-9-10-23-18(6-5-11-26(22,23)3)7-8-19-13-20(28)14-24(29)17(19)2/h7-8,16,20-24,28-29,31H,2,5-6,9-15H2,1,3-4H3/b18-7?,19-8-/t16-,20-,21+,22-,23?,24-,26-,27-/m1/s1. The minimum atomic E-state index is -1.34. The maximum absolute atomic E-state index is 11.9. The molecule has 1 aliphatic heterocycles. The molecule has 0 spiro atoms. The fourth-order valence-electron chi connectivity index (χ4n) is 7.24. The number of hydrogen-bond donors (Lipinski definition) is 3. The van der Waals surface area contributed by atoms with E-state index >= 15 is 0 Å². The first-order chi connectivity index (χ1) is 15.0. The number of rotatable bonds is 4. The normalized spacial score (nSPS) is 45.9. The highest BCUT2D eigenvalue weighted by atomic mass is 16.6. The van der Waals surface area contributed by atoms with E-state index in [1.165, 1.54) is 31.3 Å². The molecular weight excluding hydrogens is 404 g/mol. The predicted molar refractivity (Wildman–Crippen MR) is 124 cm³/mol. The lowest BCUT2D eigenvalue weighted by Gasteiger charge is -2.44. The van der Waals surface area contributed by atoms with Crippen molar-refractivity contribution in [1.82, 2.24) is 0 Å². The van der Waals surface area contributed by atoms with Gasteiger partial charge in [0.15, 0.2) is 5.60 Å². The molecule has 3 saturated carbocycles. The molecule has 32 heavy (non-hydrogen) atoms. The zero-order chi connectivity index (χ0) is 23.3. The van der Waals surface area contributed by atoms with Crippen LogP contribution in [0.1, 0.15) is 78.6 Å². The molecule has 0 aromatic heterocycles. The molecule has 3 N–H and O–H groups in total. The first kappa shape index (κ1) is 23.7. The third kappa shape index (κ3) is 4.36. The van der Waals surface area contributed by atoms with Crippen LogP contribution < -0.4 is 0 Å². The van der Waals surface area contributed by atoms with Gasteiger partial charge in [0.1, 0.15) is 6.10 Å². The Morgan fingerprint density at radius 1 is 1.25 bits per heavy atom. The Kier molecular flexibility index (Phi) is 6.47. The minimum absolute atomic E-state index is 0.186. The molecule has 8 atom stereocenters. The van der Waals surface area contributed by atoms with Crippen molar-refractivity contribution >= 4 is 5.97 Å². The van der Waals surface area contributed by atoms with Crippen molar-refractivity contribution in [3.05, 3.63) is 35.5 Å². The number of carbonyl (C=O) groups is 1. The number of hydrogen-bond acceptors (Lipinski definition) is 5. The van der Waals surface area contributed by atoms with E-state index in [4.69, 9.17) is 4.74 Å². The van der Waals surface area contributed by atoms with Crippen molar-refractivity contribution in [2.24, 2.45) is 23.2 Å². The lowest BCUT2D eigenvalue weighted by molar-refractivity contribution is -0.154. The molecule has 1 saturated heterocycles. The second kappa shape index (κ2) is 8.73. The summed E-state index contributed by atoms with van der Waals surface area (Å²) in [5.74, 6) is 1.06. The fraction of sp³-hybridized carbons (Fsp3) is 0.741. The number of cyclic esters (lactones) is 1. The van der Waals surface area contributed by atoms with Gasteiger partial charge in [-0.25, -0.2) is 4.79 Å². The van der Waals surface area contributed by atoms with Gasteiger partial charge in [0.25, 0.3) is 0 Å². The monoisotopic (exact) mass is 444 g/mol. The van der Waals surface area contributed by atoms with Crippen molar-refractivity contribution < 1.29 is 24.9 Å². The quantitative estimate of drug-likeness (QED) is 0.565. The van der Waals surface area contributed by atoms with Crippen LogP contribution in [-0.2, 0) is 9.53 Å². The highest BCUT2D eigenvalue weighted by Crippen LogP contribution is 2.60. The number of fused-ring (bicyclic) bond motifs is 1. The lowest BCUT2D eigenvalue weighted by Crippen LogP contribution is -2.36. The molecule has 0 amide bonds. The summed E-state index contributed by atoms with van der Waals surface area (Å²) in [6.45, 7) is 10.3. The van der Waals surface area contributed by atoms with Gasteiger partial charge in [0, 0.05) is 12.8 Å². The highest BCUT2D eigenvalue weighted by Gasteiger charge is 2.52. The van der Waals surface area contributed by atoms with Gasteiger partial charge in [-0.2, -0.15) is 0 Å². The highest BCUT2D eigenvalue weighted by molar-refractivity contribution is 5.80. The first-order valence-corrected chi connectivity index (χ1v) is 12.4. The van der Waals surface area contributed by atoms with Crippen LogP contribution in [0.2, 0.25) is 0 Å². The van der Waals surface area contributed by atoms with Crippen molar-refractivity contribution in [1.29, 1.82) is 0 Å². The van der Waals surface area contributed by atoms with Gasteiger partial charge in [-0.05, 0) is 86.2 Å². The number of ether oxygens (including phenoxy) is 1. The second-order valence-electron chi connectivity index (χ2n) is 11.4. The van der Waals surface area contributed by atoms with E-state index in [0.29, 0.717) is 37.0 Å². The summed E-state index contributed by atoms with van der Waals surface area (Å²) in [6.07, 6.45) is 11.0. The summed E-state index contributed by atoms with van der Waals surface area (Å²) >= 11 is 0. The van der Waals surface area contributed by atoms with Gasteiger partial charge in [0.05, 0.1) is 12.2 Å². The minimum Gasteiger partial charge on any atom is -0.460 e. The largest absolute Gasteiger partial charge is 0.460 e. The van der Waals surface area contributed by atoms with Crippen molar-refractivity contribution in [2.45, 2.75) is 102 Å². The van der Waals surface area contributed by atoms with Gasteiger partial charge in [0.2, 0.25) is 0 Å². The van der Waals surface area contributed by atoms with E-state index in [1.807, 2.05) is 0 Å². The maximum Gasteiger partial charge on any atom is 0.338 e. The van der Waals surface area contributed by atoms with E-state index in [0.717, 1.165) is 24.0 Å². The third-order valence-corrected chi connectivity index (χ3v) is 8.96. The molecule has 4 aliphatic rings. The Bertz CT molecular complexity index is 824. The number of aliphatic hydroxyl groups is 3. The Morgan fingerprint density at radius 3 is 2.69 bits per heavy atom. The average molecular weight is 445 g/mol. The number of esters is 1. The zero-order valence-electron chi connectivity index (χ0n) is 19.8. The van der Waals surface area contributed by atoms with E-state index in [-0.39, 0.29) is 11.5 Å². The van der Waals surface area contributed by atoms with E-state index in [9.17, 15) is 20.1 Å². The van der Waals surface area contributed by atoms with Gasteiger partial charge < -0.3 is 20.1 Å².